The van der Waals surface area contributed by atoms with Gasteiger partial charge in [0.05, 0.1) is 18.4 Å². The molecule has 2 amide bonds. The molecule has 2 aromatic rings. The number of nitrogens with one attached hydrogen (secondary N) is 2. The van der Waals surface area contributed by atoms with Crippen LogP contribution < -0.4 is 25.2 Å². The van der Waals surface area contributed by atoms with Crippen molar-refractivity contribution in [1.29, 1.82) is 0 Å². The van der Waals surface area contributed by atoms with E-state index >= 15 is 0 Å². The summed E-state index contributed by atoms with van der Waals surface area (Å²) in [6, 6.07) is 13.8. The van der Waals surface area contributed by atoms with Crippen LogP contribution in [-0.4, -0.2) is 76.2 Å². The van der Waals surface area contributed by atoms with E-state index in [-0.39, 0.29) is 17.7 Å². The minimum absolute atomic E-state index is 0.0427. The second-order valence-electron chi connectivity index (χ2n) is 9.42. The van der Waals surface area contributed by atoms with Gasteiger partial charge in [-0.15, -0.1) is 0 Å². The third-order valence-corrected chi connectivity index (χ3v) is 7.11. The summed E-state index contributed by atoms with van der Waals surface area (Å²) in [4.78, 5) is 32.5. The van der Waals surface area contributed by atoms with E-state index in [4.69, 9.17) is 4.74 Å². The standard InChI is InChI=1S/C28H39N5O3/c1-4-31(5-2)15-14-29-28(35)23-20-22(30-27(34)21-10-11-21)12-13-24(23)32-16-18-33(19-17-32)25-8-6-7-9-26(25)36-3/h6-9,12-13,20-21H,4-5,10-11,14-19H2,1-3H3,(H,29,35)(H,30,34). The van der Waals surface area contributed by atoms with E-state index in [1.165, 1.54) is 0 Å². The van der Waals surface area contributed by atoms with Gasteiger partial charge in [0.15, 0.2) is 0 Å². The van der Waals surface area contributed by atoms with Crippen molar-refractivity contribution in [1.82, 2.24) is 10.2 Å². The molecule has 4 rings (SSSR count). The second kappa shape index (κ2) is 12.1. The average molecular weight is 494 g/mol. The van der Waals surface area contributed by atoms with E-state index in [1.807, 2.05) is 36.4 Å². The maximum atomic E-state index is 13.3. The molecule has 2 fully saturated rings. The SMILES string of the molecule is CCN(CC)CCNC(=O)c1cc(NC(=O)C2CC2)ccc1N1CCN(c2ccccc2OC)CC1. The van der Waals surface area contributed by atoms with Crippen molar-refractivity contribution in [2.45, 2.75) is 26.7 Å². The molecule has 1 heterocycles. The molecule has 0 atom stereocenters. The highest BCUT2D eigenvalue weighted by Crippen LogP contribution is 2.33. The van der Waals surface area contributed by atoms with Gasteiger partial charge in [0.1, 0.15) is 5.75 Å². The van der Waals surface area contributed by atoms with Gasteiger partial charge in [0, 0.05) is 56.6 Å². The molecule has 8 nitrogen and oxygen atoms in total. The highest BCUT2D eigenvalue weighted by Gasteiger charge is 2.30. The average Bonchev–Trinajstić information content (AvgIpc) is 3.77. The quantitative estimate of drug-likeness (QED) is 0.499. The van der Waals surface area contributed by atoms with Gasteiger partial charge in [0.25, 0.3) is 5.91 Å². The van der Waals surface area contributed by atoms with Crippen molar-refractivity contribution < 1.29 is 14.3 Å². The summed E-state index contributed by atoms with van der Waals surface area (Å²) in [5, 5.41) is 6.09. The van der Waals surface area contributed by atoms with Crippen molar-refractivity contribution in [2.24, 2.45) is 5.92 Å². The fourth-order valence-electron chi connectivity index (χ4n) is 4.70. The zero-order chi connectivity index (χ0) is 25.5. The first-order chi connectivity index (χ1) is 17.5. The maximum absolute atomic E-state index is 13.3. The number of hydrogen-bond donors (Lipinski definition) is 2. The van der Waals surface area contributed by atoms with Crippen molar-refractivity contribution in [3.63, 3.8) is 0 Å². The maximum Gasteiger partial charge on any atom is 0.253 e. The van der Waals surface area contributed by atoms with Crippen LogP contribution >= 0.6 is 0 Å². The summed E-state index contributed by atoms with van der Waals surface area (Å²) in [7, 11) is 1.70. The first-order valence-electron chi connectivity index (χ1n) is 13.1. The van der Waals surface area contributed by atoms with Gasteiger partial charge in [0.2, 0.25) is 5.91 Å². The summed E-state index contributed by atoms with van der Waals surface area (Å²) in [5.41, 5.74) is 3.28. The van der Waals surface area contributed by atoms with Crippen molar-refractivity contribution in [3.05, 3.63) is 48.0 Å². The highest BCUT2D eigenvalue weighted by atomic mass is 16.5. The van der Waals surface area contributed by atoms with Crippen LogP contribution in [0.5, 0.6) is 5.75 Å². The molecule has 2 aliphatic rings. The largest absolute Gasteiger partial charge is 0.495 e. The minimum Gasteiger partial charge on any atom is -0.495 e. The van der Waals surface area contributed by atoms with Crippen LogP contribution in [0.1, 0.15) is 37.0 Å². The summed E-state index contributed by atoms with van der Waals surface area (Å²) >= 11 is 0. The molecule has 2 aromatic carbocycles. The Balaban J connectivity index is 1.48. The molecule has 1 aliphatic carbocycles. The Bertz CT molecular complexity index is 1040. The Morgan fingerprint density at radius 2 is 1.64 bits per heavy atom. The number of likely N-dealkylation sites (N-methyl/N-ethyl adjacent to an activating group) is 1. The molecule has 8 heteroatoms. The van der Waals surface area contributed by atoms with E-state index in [0.717, 1.165) is 75.8 Å². The Morgan fingerprint density at radius 1 is 0.972 bits per heavy atom. The van der Waals surface area contributed by atoms with E-state index in [0.29, 0.717) is 17.8 Å². The van der Waals surface area contributed by atoms with E-state index in [9.17, 15) is 9.59 Å². The minimum atomic E-state index is -0.105. The number of carbonyl (C=O) groups excluding carboxylic acids is 2. The van der Waals surface area contributed by atoms with E-state index < -0.39 is 0 Å². The first kappa shape index (κ1) is 25.8. The number of benzene rings is 2. The van der Waals surface area contributed by atoms with Gasteiger partial charge >= 0.3 is 0 Å². The number of piperazine rings is 1. The smallest absolute Gasteiger partial charge is 0.253 e. The Kier molecular flexibility index (Phi) is 8.70. The van der Waals surface area contributed by atoms with Gasteiger partial charge in [-0.2, -0.15) is 0 Å². The summed E-state index contributed by atoms with van der Waals surface area (Å²) in [5.74, 6) is 0.918. The molecule has 1 aliphatic heterocycles. The fraction of sp³-hybridized carbons (Fsp3) is 0.500. The molecule has 194 valence electrons. The van der Waals surface area contributed by atoms with Crippen LogP contribution in [0.15, 0.2) is 42.5 Å². The van der Waals surface area contributed by atoms with Gasteiger partial charge in [-0.1, -0.05) is 26.0 Å². The van der Waals surface area contributed by atoms with Gasteiger partial charge in [-0.3, -0.25) is 9.59 Å². The number of methoxy groups -OCH3 is 1. The summed E-state index contributed by atoms with van der Waals surface area (Å²) in [6.07, 6.45) is 1.89. The van der Waals surface area contributed by atoms with Crippen LogP contribution in [0.2, 0.25) is 0 Å². The molecule has 0 radical (unpaired) electrons. The lowest BCUT2D eigenvalue weighted by Gasteiger charge is -2.38. The third-order valence-electron chi connectivity index (χ3n) is 7.11. The number of para-hydroxylation sites is 2. The van der Waals surface area contributed by atoms with Crippen LogP contribution in [-0.2, 0) is 4.79 Å². The lowest BCUT2D eigenvalue weighted by atomic mass is 10.1. The molecule has 0 aromatic heterocycles. The highest BCUT2D eigenvalue weighted by molar-refractivity contribution is 6.02. The zero-order valence-corrected chi connectivity index (χ0v) is 21.8. The zero-order valence-electron chi connectivity index (χ0n) is 21.8. The normalized spacial score (nSPS) is 15.7. The van der Waals surface area contributed by atoms with Crippen LogP contribution in [0.4, 0.5) is 17.1 Å². The topological polar surface area (TPSA) is 77.2 Å². The summed E-state index contributed by atoms with van der Waals surface area (Å²) in [6.45, 7) is 10.8. The van der Waals surface area contributed by atoms with Crippen LogP contribution in [0.25, 0.3) is 0 Å². The lowest BCUT2D eigenvalue weighted by molar-refractivity contribution is -0.117. The number of rotatable bonds is 11. The Labute approximate surface area is 214 Å². The molecule has 2 N–H and O–H groups in total. The Hall–Kier alpha value is -3.26. The van der Waals surface area contributed by atoms with Gasteiger partial charge in [-0.05, 0) is 56.3 Å². The van der Waals surface area contributed by atoms with Crippen molar-refractivity contribution >= 4 is 28.9 Å². The fourth-order valence-corrected chi connectivity index (χ4v) is 4.70. The van der Waals surface area contributed by atoms with Crippen molar-refractivity contribution in [3.8, 4) is 5.75 Å². The number of carbonyl (C=O) groups is 2. The van der Waals surface area contributed by atoms with Crippen LogP contribution in [0.3, 0.4) is 0 Å². The molecule has 0 spiro atoms. The molecule has 1 saturated carbocycles. The predicted octanol–water partition coefficient (Wildman–Crippen LogP) is 3.44. The Morgan fingerprint density at radius 3 is 2.28 bits per heavy atom. The lowest BCUT2D eigenvalue weighted by Crippen LogP contribution is -2.47. The van der Waals surface area contributed by atoms with Crippen LogP contribution in [0, 0.1) is 5.92 Å². The van der Waals surface area contributed by atoms with E-state index in [2.05, 4.69) is 45.2 Å². The number of hydrogen-bond acceptors (Lipinski definition) is 6. The number of anilines is 3. The van der Waals surface area contributed by atoms with Gasteiger partial charge in [-0.25, -0.2) is 0 Å². The molecule has 0 bridgehead atoms. The third kappa shape index (κ3) is 6.29. The number of amides is 2. The first-order valence-corrected chi connectivity index (χ1v) is 13.1. The number of nitrogens with zero attached hydrogens (tertiary/aromatic N) is 3. The van der Waals surface area contributed by atoms with Gasteiger partial charge < -0.3 is 30.1 Å². The summed E-state index contributed by atoms with van der Waals surface area (Å²) < 4.78 is 5.55. The van der Waals surface area contributed by atoms with E-state index in [1.54, 1.807) is 7.11 Å². The monoisotopic (exact) mass is 493 g/mol. The molecular weight excluding hydrogens is 454 g/mol. The molecule has 0 unspecified atom stereocenters. The molecular formula is C28H39N5O3. The van der Waals surface area contributed by atoms with Crippen molar-refractivity contribution in [2.75, 3.05) is 74.6 Å². The number of ether oxygens (including phenoxy) is 1. The second-order valence-corrected chi connectivity index (χ2v) is 9.42. The molecule has 36 heavy (non-hydrogen) atoms. The molecule has 1 saturated heterocycles. The predicted molar refractivity (Wildman–Crippen MR) is 145 cm³/mol.